The van der Waals surface area contributed by atoms with Crippen molar-refractivity contribution < 1.29 is 4.48 Å². The summed E-state index contributed by atoms with van der Waals surface area (Å²) in [6.45, 7) is 6.79. The van der Waals surface area contributed by atoms with Crippen LogP contribution in [0.15, 0.2) is 30.3 Å². The number of unbranched alkanes of at least 4 members (excludes halogenated alkanes) is 9. The lowest BCUT2D eigenvalue weighted by molar-refractivity contribution is -0.901. The number of halogens is 1. The third kappa shape index (κ3) is 16.7. The SMILES string of the molecule is CCCCCCCCCCCCCl.CC[N+](C)(C)Cc1ccccc1. The van der Waals surface area contributed by atoms with Gasteiger partial charge in [0.2, 0.25) is 0 Å². The minimum atomic E-state index is 0.844. The van der Waals surface area contributed by atoms with E-state index >= 15 is 0 Å². The van der Waals surface area contributed by atoms with Crippen LogP contribution in [0.5, 0.6) is 0 Å². The molecule has 0 spiro atoms. The van der Waals surface area contributed by atoms with E-state index in [2.05, 4.69) is 58.3 Å². The Balaban J connectivity index is 0.000000462. The maximum absolute atomic E-state index is 5.60. The van der Waals surface area contributed by atoms with Crippen LogP contribution in [0.1, 0.15) is 83.6 Å². The molecule has 1 nitrogen and oxygen atoms in total. The second-order valence-corrected chi connectivity index (χ2v) is 8.14. The van der Waals surface area contributed by atoms with Crippen LogP contribution in [0.2, 0.25) is 0 Å². The molecule has 0 amide bonds. The van der Waals surface area contributed by atoms with Crippen molar-refractivity contribution >= 4 is 11.6 Å². The Labute approximate surface area is 163 Å². The molecule has 0 saturated heterocycles. The zero-order valence-electron chi connectivity index (χ0n) is 17.4. The highest BCUT2D eigenvalue weighted by Crippen LogP contribution is 2.10. The van der Waals surface area contributed by atoms with Gasteiger partial charge >= 0.3 is 0 Å². The van der Waals surface area contributed by atoms with Gasteiger partial charge in [-0.05, 0) is 13.3 Å². The van der Waals surface area contributed by atoms with Gasteiger partial charge in [-0.3, -0.25) is 0 Å². The average molecular weight is 369 g/mol. The van der Waals surface area contributed by atoms with E-state index in [-0.39, 0.29) is 0 Å². The van der Waals surface area contributed by atoms with Crippen molar-refractivity contribution in [3.63, 3.8) is 0 Å². The quantitative estimate of drug-likeness (QED) is 0.193. The lowest BCUT2D eigenvalue weighted by Crippen LogP contribution is -2.38. The van der Waals surface area contributed by atoms with E-state index in [0.717, 1.165) is 16.9 Å². The maximum atomic E-state index is 5.60. The van der Waals surface area contributed by atoms with Crippen molar-refractivity contribution in [2.24, 2.45) is 0 Å². The van der Waals surface area contributed by atoms with Crippen LogP contribution in [0.3, 0.4) is 0 Å². The summed E-state index contributed by atoms with van der Waals surface area (Å²) in [5.74, 6) is 0.844. The molecule has 0 heterocycles. The van der Waals surface area contributed by atoms with Gasteiger partial charge in [0.05, 0.1) is 20.6 Å². The molecule has 1 rings (SSSR count). The highest BCUT2D eigenvalue weighted by atomic mass is 35.5. The summed E-state index contributed by atoms with van der Waals surface area (Å²) in [6.07, 6.45) is 13.9. The molecule has 0 fully saturated rings. The third-order valence-electron chi connectivity index (χ3n) is 4.80. The summed E-state index contributed by atoms with van der Waals surface area (Å²) in [7, 11) is 4.51. The van der Waals surface area contributed by atoms with Crippen molar-refractivity contribution in [3.05, 3.63) is 35.9 Å². The van der Waals surface area contributed by atoms with Gasteiger partial charge in [0.25, 0.3) is 0 Å². The molecule has 0 bridgehead atoms. The Bertz CT molecular complexity index is 365. The smallest absolute Gasteiger partial charge is 0.104 e. The molecule has 0 atom stereocenters. The number of hydrogen-bond acceptors (Lipinski definition) is 0. The first-order valence-electron chi connectivity index (χ1n) is 10.5. The van der Waals surface area contributed by atoms with E-state index < -0.39 is 0 Å². The third-order valence-corrected chi connectivity index (χ3v) is 5.06. The largest absolute Gasteiger partial charge is 0.325 e. The molecule has 0 radical (unpaired) electrons. The molecule has 0 saturated carbocycles. The first-order valence-corrected chi connectivity index (χ1v) is 11.0. The second kappa shape index (κ2) is 16.9. The van der Waals surface area contributed by atoms with E-state index in [0.29, 0.717) is 0 Å². The predicted octanol–water partition coefficient (Wildman–Crippen LogP) is 7.43. The summed E-state index contributed by atoms with van der Waals surface area (Å²) in [4.78, 5) is 0. The number of hydrogen-bond donors (Lipinski definition) is 0. The monoisotopic (exact) mass is 368 g/mol. The average Bonchev–Trinajstić information content (AvgIpc) is 2.61. The standard InChI is InChI=1S/C12H25Cl.C11H18N/c1-2-3-4-5-6-7-8-9-10-11-12-13;1-4-12(2,3)10-11-8-6-5-7-9-11/h2-12H2,1H3;5-9H,4,10H2,1-3H3/q;+1. The van der Waals surface area contributed by atoms with Crippen LogP contribution < -0.4 is 0 Å². The summed E-state index contributed by atoms with van der Waals surface area (Å²) in [6, 6.07) is 10.6. The van der Waals surface area contributed by atoms with Gasteiger partial charge in [-0.25, -0.2) is 0 Å². The number of rotatable bonds is 13. The summed E-state index contributed by atoms with van der Waals surface area (Å²) in [5, 5.41) is 0. The highest BCUT2D eigenvalue weighted by molar-refractivity contribution is 6.17. The summed E-state index contributed by atoms with van der Waals surface area (Å²) >= 11 is 5.60. The minimum Gasteiger partial charge on any atom is -0.325 e. The molecular formula is C23H43ClN+. The van der Waals surface area contributed by atoms with Crippen LogP contribution in [0.25, 0.3) is 0 Å². The van der Waals surface area contributed by atoms with Gasteiger partial charge in [0.15, 0.2) is 0 Å². The predicted molar refractivity (Wildman–Crippen MR) is 115 cm³/mol. The Morgan fingerprint density at radius 2 is 1.20 bits per heavy atom. The molecule has 0 aromatic heterocycles. The lowest BCUT2D eigenvalue weighted by Gasteiger charge is -2.28. The highest BCUT2D eigenvalue weighted by Gasteiger charge is 2.11. The van der Waals surface area contributed by atoms with Crippen molar-refractivity contribution in [2.75, 3.05) is 26.5 Å². The van der Waals surface area contributed by atoms with Crippen LogP contribution >= 0.6 is 11.6 Å². The van der Waals surface area contributed by atoms with Crippen molar-refractivity contribution in [1.29, 1.82) is 0 Å². The van der Waals surface area contributed by atoms with Crippen LogP contribution in [-0.4, -0.2) is 31.0 Å². The number of benzene rings is 1. The summed E-state index contributed by atoms with van der Waals surface area (Å²) < 4.78 is 1.06. The van der Waals surface area contributed by atoms with Gasteiger partial charge in [-0.1, -0.05) is 95.0 Å². The van der Waals surface area contributed by atoms with Crippen LogP contribution in [-0.2, 0) is 6.54 Å². The van der Waals surface area contributed by atoms with E-state index in [9.17, 15) is 0 Å². The molecule has 2 heteroatoms. The molecule has 0 aliphatic carbocycles. The van der Waals surface area contributed by atoms with Crippen LogP contribution in [0.4, 0.5) is 0 Å². The normalized spacial score (nSPS) is 11.1. The molecule has 0 aliphatic rings. The fraction of sp³-hybridized carbons (Fsp3) is 0.739. The van der Waals surface area contributed by atoms with E-state index in [1.807, 2.05) is 0 Å². The molecule has 1 aromatic rings. The zero-order valence-corrected chi connectivity index (χ0v) is 18.2. The fourth-order valence-electron chi connectivity index (χ4n) is 2.77. The van der Waals surface area contributed by atoms with Crippen LogP contribution in [0, 0.1) is 0 Å². The molecular weight excluding hydrogens is 326 g/mol. The molecule has 25 heavy (non-hydrogen) atoms. The van der Waals surface area contributed by atoms with Gasteiger partial charge in [-0.15, -0.1) is 11.6 Å². The Morgan fingerprint density at radius 3 is 1.64 bits per heavy atom. The lowest BCUT2D eigenvalue weighted by atomic mass is 10.1. The Hall–Kier alpha value is -0.530. The Kier molecular flexibility index (Phi) is 16.6. The molecule has 0 unspecified atom stereocenters. The number of quaternary nitrogens is 1. The van der Waals surface area contributed by atoms with Gasteiger partial charge in [-0.2, -0.15) is 0 Å². The van der Waals surface area contributed by atoms with Crippen molar-refractivity contribution in [2.45, 2.75) is 84.6 Å². The molecule has 1 aromatic carbocycles. The first kappa shape index (κ1) is 24.5. The van der Waals surface area contributed by atoms with Gasteiger partial charge in [0.1, 0.15) is 6.54 Å². The van der Waals surface area contributed by atoms with Gasteiger partial charge < -0.3 is 4.48 Å². The van der Waals surface area contributed by atoms with Gasteiger partial charge in [0, 0.05) is 11.4 Å². The van der Waals surface area contributed by atoms with E-state index in [1.54, 1.807) is 0 Å². The molecule has 0 aliphatic heterocycles. The summed E-state index contributed by atoms with van der Waals surface area (Å²) in [5.41, 5.74) is 1.42. The van der Waals surface area contributed by atoms with Crippen molar-refractivity contribution in [1.82, 2.24) is 0 Å². The topological polar surface area (TPSA) is 0 Å². The minimum absolute atomic E-state index is 0.844. The molecule has 0 N–H and O–H groups in total. The molecule has 146 valence electrons. The first-order chi connectivity index (χ1) is 12.1. The zero-order chi connectivity index (χ0) is 18.8. The number of nitrogens with zero attached hydrogens (tertiary/aromatic N) is 1. The van der Waals surface area contributed by atoms with E-state index in [4.69, 9.17) is 11.6 Å². The Morgan fingerprint density at radius 1 is 0.720 bits per heavy atom. The maximum Gasteiger partial charge on any atom is 0.104 e. The van der Waals surface area contributed by atoms with Crippen molar-refractivity contribution in [3.8, 4) is 0 Å². The van der Waals surface area contributed by atoms with E-state index in [1.165, 1.54) is 76.3 Å². The fourth-order valence-corrected chi connectivity index (χ4v) is 2.96. The number of alkyl halides is 1. The second-order valence-electron chi connectivity index (χ2n) is 7.77.